The van der Waals surface area contributed by atoms with Crippen molar-refractivity contribution in [1.82, 2.24) is 0 Å². The molecule has 2 heteroatoms. The minimum atomic E-state index is 1.14. The Morgan fingerprint density at radius 1 is 1.31 bits per heavy atom. The number of hydrogen-bond acceptors (Lipinski definition) is 1. The third-order valence-electron chi connectivity index (χ3n) is 2.17. The number of fused-ring (bicyclic) bond motifs is 1. The van der Waals surface area contributed by atoms with E-state index in [4.69, 9.17) is 0 Å². The Hall–Kier alpha value is -0.340. The Kier molecular flexibility index (Phi) is 2.43. The van der Waals surface area contributed by atoms with E-state index < -0.39 is 0 Å². The van der Waals surface area contributed by atoms with Crippen molar-refractivity contribution in [2.45, 2.75) is 20.3 Å². The number of benzene rings is 1. The highest BCUT2D eigenvalue weighted by atomic mass is 79.9. The lowest BCUT2D eigenvalue weighted by molar-refractivity contribution is 1.19. The molecule has 0 radical (unpaired) electrons. The first-order valence-electron chi connectivity index (χ1n) is 4.39. The first-order valence-corrected chi connectivity index (χ1v) is 6.00. The average molecular weight is 255 g/mol. The number of halogens is 1. The van der Waals surface area contributed by atoms with Crippen LogP contribution in [0.2, 0.25) is 0 Å². The zero-order valence-electron chi connectivity index (χ0n) is 7.73. The lowest BCUT2D eigenvalue weighted by Gasteiger charge is -1.95. The second-order valence-electron chi connectivity index (χ2n) is 3.21. The van der Waals surface area contributed by atoms with Crippen molar-refractivity contribution in [3.8, 4) is 0 Å². The van der Waals surface area contributed by atoms with Gasteiger partial charge >= 0.3 is 0 Å². The van der Waals surface area contributed by atoms with Gasteiger partial charge in [0.2, 0.25) is 0 Å². The third kappa shape index (κ3) is 1.65. The Morgan fingerprint density at radius 2 is 2.08 bits per heavy atom. The van der Waals surface area contributed by atoms with E-state index in [0.29, 0.717) is 0 Å². The maximum atomic E-state index is 3.52. The third-order valence-corrected chi connectivity index (χ3v) is 4.05. The molecule has 0 aliphatic rings. The summed E-state index contributed by atoms with van der Waals surface area (Å²) in [4.78, 5) is 1.47. The van der Waals surface area contributed by atoms with E-state index in [9.17, 15) is 0 Å². The van der Waals surface area contributed by atoms with Crippen LogP contribution in [0.4, 0.5) is 0 Å². The van der Waals surface area contributed by atoms with Crippen molar-refractivity contribution in [3.63, 3.8) is 0 Å². The predicted octanol–water partition coefficient (Wildman–Crippen LogP) is 4.53. The van der Waals surface area contributed by atoms with Crippen LogP contribution in [0, 0.1) is 6.92 Å². The number of aryl methyl sites for hydroxylation is 2. The Bertz CT molecular complexity index is 443. The number of rotatable bonds is 1. The molecular formula is C11H11BrS. The molecule has 0 saturated heterocycles. The molecule has 0 saturated carbocycles. The van der Waals surface area contributed by atoms with Crippen LogP contribution in [-0.4, -0.2) is 0 Å². The van der Waals surface area contributed by atoms with Gasteiger partial charge in [0.15, 0.2) is 0 Å². The standard InChI is InChI=1S/C11H11BrS/c1-3-10-6-8-5-9(12)4-7(2)11(8)13-10/h4-6H,3H2,1-2H3. The molecule has 1 heterocycles. The van der Waals surface area contributed by atoms with Gasteiger partial charge in [-0.05, 0) is 42.5 Å². The van der Waals surface area contributed by atoms with E-state index in [-0.39, 0.29) is 0 Å². The fraction of sp³-hybridized carbons (Fsp3) is 0.273. The van der Waals surface area contributed by atoms with Gasteiger partial charge in [-0.25, -0.2) is 0 Å². The quantitative estimate of drug-likeness (QED) is 0.702. The van der Waals surface area contributed by atoms with E-state index in [2.05, 4.69) is 48.0 Å². The SMILES string of the molecule is CCc1cc2cc(Br)cc(C)c2s1. The summed E-state index contributed by atoms with van der Waals surface area (Å²) in [6.45, 7) is 4.37. The molecule has 0 spiro atoms. The topological polar surface area (TPSA) is 0 Å². The van der Waals surface area contributed by atoms with Crippen molar-refractivity contribution in [2.75, 3.05) is 0 Å². The maximum absolute atomic E-state index is 3.52. The van der Waals surface area contributed by atoms with Crippen LogP contribution in [0.1, 0.15) is 17.4 Å². The minimum absolute atomic E-state index is 1.14. The summed E-state index contributed by atoms with van der Waals surface area (Å²) in [5.41, 5.74) is 1.37. The van der Waals surface area contributed by atoms with Gasteiger partial charge in [0, 0.05) is 14.0 Å². The summed E-state index contributed by atoms with van der Waals surface area (Å²) in [6.07, 6.45) is 1.14. The average Bonchev–Trinajstić information content (AvgIpc) is 2.47. The molecule has 0 amide bonds. The predicted molar refractivity (Wildman–Crippen MR) is 63.6 cm³/mol. The van der Waals surface area contributed by atoms with E-state index in [1.54, 1.807) is 0 Å². The van der Waals surface area contributed by atoms with Crippen molar-refractivity contribution >= 4 is 37.4 Å². The second kappa shape index (κ2) is 3.43. The fourth-order valence-corrected chi connectivity index (χ4v) is 3.15. The lowest BCUT2D eigenvalue weighted by Crippen LogP contribution is -1.71. The minimum Gasteiger partial charge on any atom is -0.140 e. The summed E-state index contributed by atoms with van der Waals surface area (Å²) in [5.74, 6) is 0. The molecule has 0 nitrogen and oxygen atoms in total. The van der Waals surface area contributed by atoms with Crippen molar-refractivity contribution < 1.29 is 0 Å². The summed E-state index contributed by atoms with van der Waals surface area (Å²) < 4.78 is 2.61. The Morgan fingerprint density at radius 3 is 2.77 bits per heavy atom. The van der Waals surface area contributed by atoms with E-state index in [0.717, 1.165) is 6.42 Å². The van der Waals surface area contributed by atoms with Crippen LogP contribution >= 0.6 is 27.3 Å². The number of hydrogen-bond donors (Lipinski definition) is 0. The molecule has 13 heavy (non-hydrogen) atoms. The van der Waals surface area contributed by atoms with Gasteiger partial charge in [-0.1, -0.05) is 22.9 Å². The summed E-state index contributed by atoms with van der Waals surface area (Å²) >= 11 is 5.43. The van der Waals surface area contributed by atoms with Crippen LogP contribution < -0.4 is 0 Å². The van der Waals surface area contributed by atoms with Crippen molar-refractivity contribution in [2.24, 2.45) is 0 Å². The van der Waals surface area contributed by atoms with E-state index in [1.807, 2.05) is 11.3 Å². The van der Waals surface area contributed by atoms with Crippen LogP contribution in [0.5, 0.6) is 0 Å². The molecule has 0 bridgehead atoms. The normalized spacial score (nSPS) is 11.0. The first-order chi connectivity index (χ1) is 6.20. The highest BCUT2D eigenvalue weighted by molar-refractivity contribution is 9.10. The molecule has 0 aliphatic carbocycles. The monoisotopic (exact) mass is 254 g/mol. The van der Waals surface area contributed by atoms with E-state index >= 15 is 0 Å². The summed E-state index contributed by atoms with van der Waals surface area (Å²) in [7, 11) is 0. The molecule has 1 aromatic heterocycles. The summed E-state index contributed by atoms with van der Waals surface area (Å²) in [6, 6.07) is 6.66. The molecule has 0 unspecified atom stereocenters. The molecule has 68 valence electrons. The first kappa shape index (κ1) is 9.22. The zero-order chi connectivity index (χ0) is 9.42. The van der Waals surface area contributed by atoms with Gasteiger partial charge in [-0.15, -0.1) is 11.3 Å². The van der Waals surface area contributed by atoms with Crippen LogP contribution in [-0.2, 0) is 6.42 Å². The summed E-state index contributed by atoms with van der Waals surface area (Å²) in [5, 5.41) is 1.37. The maximum Gasteiger partial charge on any atom is 0.0375 e. The number of thiophene rings is 1. The Balaban J connectivity index is 2.75. The fourth-order valence-electron chi connectivity index (χ4n) is 1.51. The molecule has 0 aliphatic heterocycles. The largest absolute Gasteiger partial charge is 0.140 e. The molecule has 1 aromatic carbocycles. The molecular weight excluding hydrogens is 244 g/mol. The van der Waals surface area contributed by atoms with Crippen LogP contribution in [0.3, 0.4) is 0 Å². The molecule has 0 atom stereocenters. The lowest BCUT2D eigenvalue weighted by atomic mass is 10.2. The zero-order valence-corrected chi connectivity index (χ0v) is 10.1. The molecule has 2 aromatic rings. The van der Waals surface area contributed by atoms with Gasteiger partial charge in [-0.3, -0.25) is 0 Å². The van der Waals surface area contributed by atoms with Crippen LogP contribution in [0.25, 0.3) is 10.1 Å². The van der Waals surface area contributed by atoms with Crippen LogP contribution in [0.15, 0.2) is 22.7 Å². The van der Waals surface area contributed by atoms with Gasteiger partial charge in [-0.2, -0.15) is 0 Å². The molecule has 0 N–H and O–H groups in total. The Labute approximate surface area is 90.7 Å². The smallest absolute Gasteiger partial charge is 0.0375 e. The van der Waals surface area contributed by atoms with Gasteiger partial charge in [0.05, 0.1) is 0 Å². The highest BCUT2D eigenvalue weighted by Crippen LogP contribution is 2.31. The van der Waals surface area contributed by atoms with Gasteiger partial charge < -0.3 is 0 Å². The van der Waals surface area contributed by atoms with Crippen molar-refractivity contribution in [3.05, 3.63) is 33.1 Å². The highest BCUT2D eigenvalue weighted by Gasteiger charge is 2.03. The van der Waals surface area contributed by atoms with Gasteiger partial charge in [0.1, 0.15) is 0 Å². The van der Waals surface area contributed by atoms with E-state index in [1.165, 1.54) is 25.0 Å². The second-order valence-corrected chi connectivity index (χ2v) is 5.26. The van der Waals surface area contributed by atoms with Gasteiger partial charge in [0.25, 0.3) is 0 Å². The molecule has 0 fully saturated rings. The molecule has 2 rings (SSSR count). The van der Waals surface area contributed by atoms with Crippen molar-refractivity contribution in [1.29, 1.82) is 0 Å².